The minimum atomic E-state index is -0.158. The number of hydrogen-bond donors (Lipinski definition) is 0. The monoisotopic (exact) mass is 840 g/mol. The molecule has 0 radical (unpaired) electrons. The highest BCUT2D eigenvalue weighted by Crippen LogP contribution is 2.64. The van der Waals surface area contributed by atoms with Crippen molar-refractivity contribution in [1.29, 1.82) is 0 Å². The SMILES string of the molecule is C=C/C(=C1\C(=C)c2ccccc2C1(C)C)c1ccc(C)cc1.Cc1ccc2c(c1)C(C)(C)c1ccccc1-2.Cc1cccc2c1C1(C3=C2C(C)CC=C3)c2ccccc2-c2ccccc21. The predicted octanol–water partition coefficient (Wildman–Crippen LogP) is 16.9. The number of aryl methyl sites for hydroxylation is 3. The zero-order valence-corrected chi connectivity index (χ0v) is 39.4. The van der Waals surface area contributed by atoms with Crippen molar-refractivity contribution < 1.29 is 0 Å². The van der Waals surface area contributed by atoms with Crippen molar-refractivity contribution in [2.45, 2.75) is 78.1 Å². The Kier molecular flexibility index (Phi) is 10.2. The summed E-state index contributed by atoms with van der Waals surface area (Å²) in [5.74, 6) is 0.560. The van der Waals surface area contributed by atoms with Gasteiger partial charge >= 0.3 is 0 Å². The lowest BCUT2D eigenvalue weighted by atomic mass is 9.67. The van der Waals surface area contributed by atoms with E-state index in [2.05, 4.69) is 238 Å². The normalized spacial score (nSPS) is 18.5. The fourth-order valence-electron chi connectivity index (χ4n) is 12.3. The average Bonchev–Trinajstić information content (AvgIpc) is 3.94. The third-order valence-corrected chi connectivity index (χ3v) is 15.3. The number of rotatable bonds is 2. The first-order valence-electron chi connectivity index (χ1n) is 23.5. The van der Waals surface area contributed by atoms with E-state index in [4.69, 9.17) is 0 Å². The van der Waals surface area contributed by atoms with E-state index in [-0.39, 0.29) is 16.2 Å². The van der Waals surface area contributed by atoms with Crippen molar-refractivity contribution in [1.82, 2.24) is 0 Å². The lowest BCUT2D eigenvalue weighted by Gasteiger charge is -2.33. The molecule has 12 rings (SSSR count). The average molecular weight is 841 g/mol. The molecule has 5 aliphatic carbocycles. The molecule has 1 spiro atoms. The summed E-state index contributed by atoms with van der Waals surface area (Å²) < 4.78 is 0. The summed E-state index contributed by atoms with van der Waals surface area (Å²) in [4.78, 5) is 0. The fourth-order valence-corrected chi connectivity index (χ4v) is 12.3. The van der Waals surface area contributed by atoms with E-state index < -0.39 is 0 Å². The highest BCUT2D eigenvalue weighted by atomic mass is 14.5. The zero-order chi connectivity index (χ0) is 45.4. The molecule has 7 aromatic rings. The molecule has 0 fully saturated rings. The van der Waals surface area contributed by atoms with Gasteiger partial charge in [0.15, 0.2) is 0 Å². The van der Waals surface area contributed by atoms with Gasteiger partial charge in [-0.05, 0) is 139 Å². The summed E-state index contributed by atoms with van der Waals surface area (Å²) >= 11 is 0. The minimum Gasteiger partial charge on any atom is -0.0984 e. The van der Waals surface area contributed by atoms with Crippen LogP contribution in [0.4, 0.5) is 0 Å². The first kappa shape index (κ1) is 42.2. The largest absolute Gasteiger partial charge is 0.0984 e. The van der Waals surface area contributed by atoms with E-state index >= 15 is 0 Å². The Morgan fingerprint density at radius 3 is 1.65 bits per heavy atom. The summed E-state index contributed by atoms with van der Waals surface area (Å²) in [5, 5.41) is 0. The summed E-state index contributed by atoms with van der Waals surface area (Å²) in [5.41, 5.74) is 28.8. The Hall–Kier alpha value is -6.76. The lowest BCUT2D eigenvalue weighted by molar-refractivity contribution is 0.660. The second-order valence-electron chi connectivity index (χ2n) is 19.9. The van der Waals surface area contributed by atoms with Gasteiger partial charge in [0.2, 0.25) is 0 Å². The highest BCUT2D eigenvalue weighted by molar-refractivity contribution is 5.99. The van der Waals surface area contributed by atoms with Gasteiger partial charge in [0.25, 0.3) is 0 Å². The van der Waals surface area contributed by atoms with Gasteiger partial charge < -0.3 is 0 Å². The van der Waals surface area contributed by atoms with Crippen LogP contribution in [0.3, 0.4) is 0 Å². The van der Waals surface area contributed by atoms with Crippen LogP contribution < -0.4 is 0 Å². The van der Waals surface area contributed by atoms with Gasteiger partial charge in [-0.1, -0.05) is 235 Å². The molecule has 0 saturated carbocycles. The molecule has 0 amide bonds. The van der Waals surface area contributed by atoms with E-state index in [1.165, 1.54) is 106 Å². The lowest BCUT2D eigenvalue weighted by Crippen LogP contribution is -2.28. The summed E-state index contributed by atoms with van der Waals surface area (Å²) in [6, 6.07) is 57.7. The van der Waals surface area contributed by atoms with Crippen LogP contribution in [-0.4, -0.2) is 0 Å². The maximum absolute atomic E-state index is 4.38. The van der Waals surface area contributed by atoms with E-state index in [1.807, 2.05) is 6.08 Å². The van der Waals surface area contributed by atoms with Gasteiger partial charge in [-0.25, -0.2) is 0 Å². The van der Waals surface area contributed by atoms with E-state index in [1.54, 1.807) is 5.57 Å². The van der Waals surface area contributed by atoms with Crippen LogP contribution in [0.5, 0.6) is 0 Å². The number of benzene rings is 7. The number of hydrogen-bond acceptors (Lipinski definition) is 0. The van der Waals surface area contributed by atoms with Crippen LogP contribution in [0, 0.1) is 26.7 Å². The van der Waals surface area contributed by atoms with Crippen molar-refractivity contribution in [3.63, 3.8) is 0 Å². The number of fused-ring (bicyclic) bond motifs is 13. The molecule has 0 saturated heterocycles. The van der Waals surface area contributed by atoms with Crippen molar-refractivity contribution >= 4 is 16.7 Å². The van der Waals surface area contributed by atoms with Gasteiger partial charge in [0.05, 0.1) is 5.41 Å². The molecule has 0 nitrogen and oxygen atoms in total. The Balaban J connectivity index is 0.000000119. The van der Waals surface area contributed by atoms with Gasteiger partial charge in [0, 0.05) is 10.8 Å². The molecule has 0 N–H and O–H groups in total. The van der Waals surface area contributed by atoms with Crippen LogP contribution in [0.1, 0.15) is 108 Å². The molecule has 7 aromatic carbocycles. The molecule has 5 aliphatic rings. The highest BCUT2D eigenvalue weighted by Gasteiger charge is 2.53. The minimum absolute atomic E-state index is 0.0535. The van der Waals surface area contributed by atoms with Crippen LogP contribution in [-0.2, 0) is 16.2 Å². The van der Waals surface area contributed by atoms with Crippen molar-refractivity contribution in [3.05, 3.63) is 267 Å². The molecular weight excluding hydrogens is 781 g/mol. The Labute approximate surface area is 388 Å². The van der Waals surface area contributed by atoms with Crippen molar-refractivity contribution in [2.75, 3.05) is 0 Å². The fraction of sp³-hybridized carbons (Fsp3) is 0.200. The van der Waals surface area contributed by atoms with Gasteiger partial charge in [0.1, 0.15) is 0 Å². The zero-order valence-electron chi connectivity index (χ0n) is 39.4. The molecule has 1 atom stereocenters. The molecule has 0 bridgehead atoms. The third kappa shape index (κ3) is 6.32. The Morgan fingerprint density at radius 2 is 1.05 bits per heavy atom. The molecule has 1 unspecified atom stereocenters. The Bertz CT molecular complexity index is 3140. The smallest absolute Gasteiger partial charge is 0.0724 e. The second kappa shape index (κ2) is 15.7. The third-order valence-electron chi connectivity index (χ3n) is 15.3. The van der Waals surface area contributed by atoms with E-state index in [0.717, 1.165) is 12.0 Å². The van der Waals surface area contributed by atoms with Gasteiger partial charge in [-0.3, -0.25) is 0 Å². The van der Waals surface area contributed by atoms with Crippen molar-refractivity contribution in [3.8, 4) is 22.3 Å². The summed E-state index contributed by atoms with van der Waals surface area (Å²) in [6.45, 7) is 26.6. The molecule has 0 heteroatoms. The van der Waals surface area contributed by atoms with E-state index in [0.29, 0.717) is 5.92 Å². The molecule has 0 aromatic heterocycles. The number of allylic oxidation sites excluding steroid dienone is 8. The topological polar surface area (TPSA) is 0 Å². The quantitative estimate of drug-likeness (QED) is 0.163. The van der Waals surface area contributed by atoms with Crippen molar-refractivity contribution in [2.24, 2.45) is 5.92 Å². The molecule has 0 aliphatic heterocycles. The van der Waals surface area contributed by atoms with Crippen LogP contribution in [0.15, 0.2) is 200 Å². The van der Waals surface area contributed by atoms with Crippen LogP contribution in [0.2, 0.25) is 0 Å². The molecule has 320 valence electrons. The Morgan fingerprint density at radius 1 is 0.538 bits per heavy atom. The van der Waals surface area contributed by atoms with Gasteiger partial charge in [-0.15, -0.1) is 0 Å². The van der Waals surface area contributed by atoms with Crippen LogP contribution >= 0.6 is 0 Å². The van der Waals surface area contributed by atoms with Crippen LogP contribution in [0.25, 0.3) is 39.0 Å². The molecular formula is C65H60. The maximum Gasteiger partial charge on any atom is 0.0724 e. The molecule has 65 heavy (non-hydrogen) atoms. The maximum atomic E-state index is 4.38. The second-order valence-corrected chi connectivity index (χ2v) is 19.9. The predicted molar refractivity (Wildman–Crippen MR) is 278 cm³/mol. The first-order chi connectivity index (χ1) is 31.3. The van der Waals surface area contributed by atoms with Gasteiger partial charge in [-0.2, -0.15) is 0 Å². The first-order valence-corrected chi connectivity index (χ1v) is 23.5. The summed E-state index contributed by atoms with van der Waals surface area (Å²) in [7, 11) is 0. The van der Waals surface area contributed by atoms with E-state index in [9.17, 15) is 0 Å². The molecule has 0 heterocycles. The summed E-state index contributed by atoms with van der Waals surface area (Å²) in [6.07, 6.45) is 7.91. The standard InChI is InChI=1S/C27H22.C22H22.C16H16/c1-17-9-8-16-24-25(17)21-13-7-10-18(2)26(21)27(24)22-14-5-3-11-19(22)20-12-4-6-15-23(20)27;1-6-18(17-13-11-15(2)12-14-17)21-16(3)19-9-7-8-10-20(19)22(21,4)5;1-11-8-9-13-12-6-4-5-7-14(12)16(2,3)15(13)10-11/h3-8,10-17H,9H2,1-2H3;6-14H,1,3H2,2,4-5H3;4-10H,1-3H3/b;21-18-;.